The van der Waals surface area contributed by atoms with Gasteiger partial charge in [-0.15, -0.1) is 0 Å². The summed E-state index contributed by atoms with van der Waals surface area (Å²) >= 11 is 10.0. The Bertz CT molecular complexity index is 1490. The number of esters is 2. The minimum absolute atomic E-state index is 0.0491. The van der Waals surface area contributed by atoms with E-state index in [0.717, 1.165) is 32.4 Å². The van der Waals surface area contributed by atoms with E-state index in [-0.39, 0.29) is 19.7 Å². The first-order valence-corrected chi connectivity index (χ1v) is 12.9. The summed E-state index contributed by atoms with van der Waals surface area (Å²) in [6, 6.07) is 25.1. The number of rotatable bonds is 6. The number of ether oxygens (including phenoxy) is 2. The quantitative estimate of drug-likeness (QED) is 0.186. The largest absolute Gasteiger partial charge is 0.465 e. The lowest BCUT2D eigenvalue weighted by molar-refractivity contribution is -0.141. The second-order valence-corrected chi connectivity index (χ2v) is 9.75. The van der Waals surface area contributed by atoms with Crippen LogP contribution in [0.25, 0.3) is 33.6 Å². The van der Waals surface area contributed by atoms with Crippen molar-refractivity contribution >= 4 is 45.2 Å². The number of nitrogens with zero attached hydrogens (tertiary/aromatic N) is 2. The number of carbonyl (C=O) groups excluding carboxylic acids is 2. The summed E-state index contributed by atoms with van der Waals surface area (Å²) in [4.78, 5) is 31.0. The fourth-order valence-corrected chi connectivity index (χ4v) is 4.72. The summed E-state index contributed by atoms with van der Waals surface area (Å²) in [5.74, 6) is -0.453. The van der Waals surface area contributed by atoms with E-state index in [1.165, 1.54) is 0 Å². The lowest BCUT2D eigenvalue weighted by Crippen LogP contribution is -2.40. The average molecular weight is 578 g/mol. The normalized spacial score (nSPS) is 12.6. The smallest absolute Gasteiger partial charge is 0.331 e. The Morgan fingerprint density at radius 3 is 2.43 bits per heavy atom. The number of halogens is 2. The second kappa shape index (κ2) is 10.7. The van der Waals surface area contributed by atoms with E-state index >= 15 is 0 Å². The van der Waals surface area contributed by atoms with Crippen molar-refractivity contribution in [2.45, 2.75) is 6.92 Å². The van der Waals surface area contributed by atoms with Crippen molar-refractivity contribution in [3.63, 3.8) is 0 Å². The number of benzene rings is 3. The van der Waals surface area contributed by atoms with Gasteiger partial charge >= 0.3 is 11.9 Å². The molecule has 186 valence electrons. The zero-order valence-electron chi connectivity index (χ0n) is 19.9. The molecule has 1 aromatic heterocycles. The van der Waals surface area contributed by atoms with Crippen LogP contribution in [-0.4, -0.2) is 36.6 Å². The first kappa shape index (κ1) is 25.0. The zero-order valence-corrected chi connectivity index (χ0v) is 22.3. The van der Waals surface area contributed by atoms with E-state index in [2.05, 4.69) is 15.9 Å². The molecule has 6 nitrogen and oxygen atoms in total. The number of hydrogen-bond acceptors (Lipinski definition) is 6. The number of aromatic nitrogens is 1. The Labute approximate surface area is 227 Å². The van der Waals surface area contributed by atoms with Crippen LogP contribution in [0.15, 0.2) is 83.3 Å². The van der Waals surface area contributed by atoms with E-state index in [0.29, 0.717) is 22.2 Å². The fraction of sp³-hybridized carbons (Fsp3) is 0.138. The molecule has 0 bridgehead atoms. The molecule has 5 rings (SSSR count). The molecule has 0 aliphatic carbocycles. The van der Waals surface area contributed by atoms with Gasteiger partial charge in [-0.25, -0.2) is 9.78 Å². The highest BCUT2D eigenvalue weighted by atomic mass is 79.9. The topological polar surface area (TPSA) is 68.7 Å². The molecule has 0 saturated carbocycles. The van der Waals surface area contributed by atoms with Crippen molar-refractivity contribution < 1.29 is 19.1 Å². The molecule has 1 aliphatic rings. The monoisotopic (exact) mass is 576 g/mol. The van der Waals surface area contributed by atoms with Crippen LogP contribution in [0.2, 0.25) is 5.02 Å². The van der Waals surface area contributed by atoms with Gasteiger partial charge < -0.3 is 14.4 Å². The summed E-state index contributed by atoms with van der Waals surface area (Å²) < 4.78 is 11.5. The summed E-state index contributed by atoms with van der Waals surface area (Å²) in [5, 5.41) is 0.638. The number of fused-ring (bicyclic) bond motifs is 1. The molecule has 4 aromatic rings. The summed E-state index contributed by atoms with van der Waals surface area (Å²) in [6.45, 7) is 1.90. The van der Waals surface area contributed by atoms with Crippen LogP contribution in [0, 0.1) is 0 Å². The Morgan fingerprint density at radius 2 is 1.70 bits per heavy atom. The molecule has 0 N–H and O–H groups in total. The highest BCUT2D eigenvalue weighted by molar-refractivity contribution is 9.10. The maximum absolute atomic E-state index is 12.2. The average Bonchev–Trinajstić information content (AvgIpc) is 2.89. The first-order chi connectivity index (χ1) is 17.9. The van der Waals surface area contributed by atoms with Crippen LogP contribution in [0.3, 0.4) is 0 Å². The molecular formula is C29H22BrClN2O4. The van der Waals surface area contributed by atoms with E-state index in [4.69, 9.17) is 26.1 Å². The summed E-state index contributed by atoms with van der Waals surface area (Å²) in [6.07, 6.45) is 0. The molecule has 0 atom stereocenters. The third-order valence-electron chi connectivity index (χ3n) is 5.91. The Kier molecular flexibility index (Phi) is 7.26. The lowest BCUT2D eigenvalue weighted by atomic mass is 9.99. The number of carbonyl (C=O) groups is 2. The molecule has 0 amide bonds. The van der Waals surface area contributed by atoms with Gasteiger partial charge in [0.1, 0.15) is 13.1 Å². The lowest BCUT2D eigenvalue weighted by Gasteiger charge is -2.29. The second-order valence-electron chi connectivity index (χ2n) is 8.43. The Balaban J connectivity index is 1.63. The standard InChI is InChI=1S/C29H22BrClN2O4/c1-2-36-28(34)16-33-17-29(35)37-27-12-9-19(15-26(27)33)25-14-20(22-5-3-4-6-23(22)31)13-24(32-25)18-7-10-21(30)11-8-18/h3-15H,2,16-17H2,1H3. The molecule has 0 radical (unpaired) electrons. The molecule has 1 aliphatic heterocycles. The molecule has 8 heteroatoms. The molecule has 0 saturated heterocycles. The summed E-state index contributed by atoms with van der Waals surface area (Å²) in [7, 11) is 0. The molecule has 3 aromatic carbocycles. The van der Waals surface area contributed by atoms with Crippen molar-refractivity contribution in [1.82, 2.24) is 4.98 Å². The highest BCUT2D eigenvalue weighted by Crippen LogP contribution is 2.38. The van der Waals surface area contributed by atoms with Gasteiger partial charge in [-0.2, -0.15) is 0 Å². The van der Waals surface area contributed by atoms with Gasteiger partial charge in [0.25, 0.3) is 0 Å². The van der Waals surface area contributed by atoms with Crippen LogP contribution >= 0.6 is 27.5 Å². The van der Waals surface area contributed by atoms with Crippen LogP contribution in [0.4, 0.5) is 5.69 Å². The van der Waals surface area contributed by atoms with Gasteiger partial charge in [0, 0.05) is 26.2 Å². The van der Waals surface area contributed by atoms with Gasteiger partial charge in [0.15, 0.2) is 5.75 Å². The number of anilines is 1. The predicted octanol–water partition coefficient (Wildman–Crippen LogP) is 6.79. The van der Waals surface area contributed by atoms with Crippen molar-refractivity contribution in [3.8, 4) is 39.4 Å². The number of hydrogen-bond donors (Lipinski definition) is 0. The van der Waals surface area contributed by atoms with Gasteiger partial charge in [0.2, 0.25) is 0 Å². The van der Waals surface area contributed by atoms with E-state index in [9.17, 15) is 9.59 Å². The molecule has 37 heavy (non-hydrogen) atoms. The molecule has 2 heterocycles. The van der Waals surface area contributed by atoms with Gasteiger partial charge in [0.05, 0.1) is 23.7 Å². The van der Waals surface area contributed by atoms with Gasteiger partial charge in [-0.05, 0) is 61.0 Å². The van der Waals surface area contributed by atoms with E-state index in [1.54, 1.807) is 17.9 Å². The highest BCUT2D eigenvalue weighted by Gasteiger charge is 2.27. The predicted molar refractivity (Wildman–Crippen MR) is 148 cm³/mol. The van der Waals surface area contributed by atoms with Gasteiger partial charge in [-0.3, -0.25) is 4.79 Å². The zero-order chi connectivity index (χ0) is 25.9. The SMILES string of the molecule is CCOC(=O)CN1CC(=O)Oc2ccc(-c3cc(-c4ccccc4Cl)cc(-c4ccc(Br)cc4)n3)cc21. The molecule has 0 unspecified atom stereocenters. The minimum Gasteiger partial charge on any atom is -0.465 e. The van der Waals surface area contributed by atoms with E-state index in [1.807, 2.05) is 72.8 Å². The maximum Gasteiger partial charge on any atom is 0.331 e. The Hall–Kier alpha value is -3.68. The van der Waals surface area contributed by atoms with Crippen molar-refractivity contribution in [3.05, 3.63) is 88.4 Å². The summed E-state index contributed by atoms with van der Waals surface area (Å²) in [5.41, 5.74) is 5.69. The van der Waals surface area contributed by atoms with Crippen LogP contribution in [0.5, 0.6) is 5.75 Å². The molecule has 0 fully saturated rings. The minimum atomic E-state index is -0.430. The van der Waals surface area contributed by atoms with Crippen LogP contribution < -0.4 is 9.64 Å². The van der Waals surface area contributed by atoms with E-state index < -0.39 is 11.9 Å². The third-order valence-corrected chi connectivity index (χ3v) is 6.77. The molecule has 0 spiro atoms. The Morgan fingerprint density at radius 1 is 1.00 bits per heavy atom. The van der Waals surface area contributed by atoms with Crippen LogP contribution in [-0.2, 0) is 14.3 Å². The third kappa shape index (κ3) is 5.53. The van der Waals surface area contributed by atoms with Gasteiger partial charge in [-0.1, -0.05) is 57.9 Å². The van der Waals surface area contributed by atoms with Crippen molar-refractivity contribution in [2.24, 2.45) is 0 Å². The van der Waals surface area contributed by atoms with Crippen molar-refractivity contribution in [2.75, 3.05) is 24.6 Å². The molecular weight excluding hydrogens is 556 g/mol. The fourth-order valence-electron chi connectivity index (χ4n) is 4.21. The van der Waals surface area contributed by atoms with Crippen molar-refractivity contribution in [1.29, 1.82) is 0 Å². The van der Waals surface area contributed by atoms with Crippen LogP contribution in [0.1, 0.15) is 6.92 Å². The first-order valence-electron chi connectivity index (χ1n) is 11.7. The maximum atomic E-state index is 12.2. The number of pyridine rings is 1.